The SMILES string of the molecule is C=C(C)[C@@H]1CC[C@]2(C(=O)NCc3ccc(C)cc3)CC[C@]3(C)[C@H](CC[C@@H]4[C@@]5(C)CC[C@H](OC(=O)CC(C)(C)CC(=O)O)C(C)(C)[C@@H]5CC[C@]43C)[C@@H]12. The maximum Gasteiger partial charge on any atom is 0.306 e. The second kappa shape index (κ2) is 13.0. The Hall–Kier alpha value is -2.63. The highest BCUT2D eigenvalue weighted by Gasteiger charge is 2.72. The summed E-state index contributed by atoms with van der Waals surface area (Å²) in [5.74, 6) is 1.32. The number of aryl methyl sites for hydroxylation is 1. The molecular formula is C45H67NO5. The highest BCUT2D eigenvalue weighted by atomic mass is 16.5. The molecule has 0 radical (unpaired) electrons. The molecule has 1 aromatic rings. The molecular weight excluding hydrogens is 634 g/mol. The van der Waals surface area contributed by atoms with Crippen molar-refractivity contribution in [3.8, 4) is 0 Å². The van der Waals surface area contributed by atoms with Crippen molar-refractivity contribution >= 4 is 17.8 Å². The Morgan fingerprint density at radius 1 is 0.863 bits per heavy atom. The van der Waals surface area contributed by atoms with Crippen molar-refractivity contribution < 1.29 is 24.2 Å². The lowest BCUT2D eigenvalue weighted by Crippen LogP contribution is -2.67. The van der Waals surface area contributed by atoms with Crippen LogP contribution in [0.4, 0.5) is 0 Å². The van der Waals surface area contributed by atoms with E-state index >= 15 is 0 Å². The van der Waals surface area contributed by atoms with Crippen molar-refractivity contribution in [3.63, 3.8) is 0 Å². The number of nitrogens with one attached hydrogen (secondary N) is 1. The van der Waals surface area contributed by atoms with E-state index in [9.17, 15) is 19.5 Å². The molecule has 6 heteroatoms. The first-order chi connectivity index (χ1) is 23.7. The van der Waals surface area contributed by atoms with E-state index in [1.54, 1.807) is 0 Å². The highest BCUT2D eigenvalue weighted by molar-refractivity contribution is 5.84. The highest BCUT2D eigenvalue weighted by Crippen LogP contribution is 2.77. The molecule has 1 amide bonds. The molecule has 0 spiro atoms. The maximum absolute atomic E-state index is 14.5. The molecule has 6 rings (SSSR count). The number of carbonyl (C=O) groups excluding carboxylic acids is 2. The van der Waals surface area contributed by atoms with Crippen molar-refractivity contribution in [1.29, 1.82) is 0 Å². The van der Waals surface area contributed by atoms with Crippen molar-refractivity contribution in [2.45, 2.75) is 152 Å². The van der Waals surface area contributed by atoms with Crippen LogP contribution in [0, 0.1) is 69.0 Å². The van der Waals surface area contributed by atoms with E-state index in [4.69, 9.17) is 4.74 Å². The third-order valence-corrected chi connectivity index (χ3v) is 16.6. The molecule has 5 fully saturated rings. The predicted octanol–water partition coefficient (Wildman–Crippen LogP) is 10.1. The first-order valence-corrected chi connectivity index (χ1v) is 20.1. The first kappa shape index (κ1) is 38.1. The summed E-state index contributed by atoms with van der Waals surface area (Å²) in [6.45, 7) is 25.5. The van der Waals surface area contributed by atoms with E-state index < -0.39 is 11.4 Å². The molecule has 0 bridgehead atoms. The molecule has 282 valence electrons. The Morgan fingerprint density at radius 3 is 2.20 bits per heavy atom. The first-order valence-electron chi connectivity index (χ1n) is 20.1. The Balaban J connectivity index is 1.23. The molecule has 2 N–H and O–H groups in total. The van der Waals surface area contributed by atoms with Crippen LogP contribution in [0.3, 0.4) is 0 Å². The molecule has 1 aromatic carbocycles. The summed E-state index contributed by atoms with van der Waals surface area (Å²) < 4.78 is 6.28. The average molecular weight is 702 g/mol. The second-order valence-electron chi connectivity index (χ2n) is 20.3. The van der Waals surface area contributed by atoms with Crippen LogP contribution >= 0.6 is 0 Å². The number of carbonyl (C=O) groups is 3. The number of carboxylic acid groups (broad SMARTS) is 1. The Labute approximate surface area is 308 Å². The molecule has 0 aromatic heterocycles. The van der Waals surface area contributed by atoms with Gasteiger partial charge in [-0.1, -0.05) is 90.4 Å². The van der Waals surface area contributed by atoms with Crippen molar-refractivity contribution in [3.05, 3.63) is 47.5 Å². The van der Waals surface area contributed by atoms with E-state index in [0.717, 1.165) is 63.4 Å². The normalized spacial score (nSPS) is 39.8. The molecule has 5 aliphatic rings. The van der Waals surface area contributed by atoms with Gasteiger partial charge >= 0.3 is 11.9 Å². The lowest BCUT2D eigenvalue weighted by atomic mass is 9.32. The number of hydrogen-bond donors (Lipinski definition) is 2. The molecule has 6 nitrogen and oxygen atoms in total. The van der Waals surface area contributed by atoms with Gasteiger partial charge in [-0.05, 0) is 135 Å². The summed E-state index contributed by atoms with van der Waals surface area (Å²) in [6, 6.07) is 8.52. The summed E-state index contributed by atoms with van der Waals surface area (Å²) in [6.07, 6.45) is 10.5. The number of esters is 1. The monoisotopic (exact) mass is 702 g/mol. The molecule has 5 saturated carbocycles. The minimum absolute atomic E-state index is 0.0515. The fourth-order valence-corrected chi connectivity index (χ4v) is 13.8. The van der Waals surface area contributed by atoms with Gasteiger partial charge in [0.25, 0.3) is 0 Å². The van der Waals surface area contributed by atoms with Crippen LogP contribution in [-0.2, 0) is 25.7 Å². The maximum atomic E-state index is 14.5. The quantitative estimate of drug-likeness (QED) is 0.198. The lowest BCUT2D eigenvalue weighted by molar-refractivity contribution is -0.249. The Morgan fingerprint density at radius 2 is 1.55 bits per heavy atom. The van der Waals surface area contributed by atoms with E-state index in [-0.39, 0.29) is 57.9 Å². The molecule has 10 atom stereocenters. The van der Waals surface area contributed by atoms with Crippen LogP contribution in [-0.4, -0.2) is 29.1 Å². The summed E-state index contributed by atoms with van der Waals surface area (Å²) in [5, 5.41) is 12.8. The van der Waals surface area contributed by atoms with Crippen LogP contribution in [0.15, 0.2) is 36.4 Å². The fourth-order valence-electron chi connectivity index (χ4n) is 13.8. The van der Waals surface area contributed by atoms with Crippen LogP contribution in [0.1, 0.15) is 144 Å². The number of amides is 1. The number of ether oxygens (including phenoxy) is 1. The Kier molecular flexibility index (Phi) is 9.75. The van der Waals surface area contributed by atoms with Gasteiger partial charge in [-0.25, -0.2) is 0 Å². The van der Waals surface area contributed by atoms with Crippen LogP contribution in [0.25, 0.3) is 0 Å². The number of allylic oxidation sites excluding steroid dienone is 1. The van der Waals surface area contributed by atoms with Crippen molar-refractivity contribution in [2.75, 3.05) is 0 Å². The van der Waals surface area contributed by atoms with Gasteiger partial charge in [0.05, 0.1) is 18.3 Å². The third kappa shape index (κ3) is 6.20. The summed E-state index contributed by atoms with van der Waals surface area (Å²) in [7, 11) is 0. The summed E-state index contributed by atoms with van der Waals surface area (Å²) in [4.78, 5) is 39.1. The third-order valence-electron chi connectivity index (χ3n) is 16.6. The average Bonchev–Trinajstić information content (AvgIpc) is 3.43. The van der Waals surface area contributed by atoms with E-state index in [2.05, 4.69) is 84.6 Å². The van der Waals surface area contributed by atoms with Crippen molar-refractivity contribution in [1.82, 2.24) is 5.32 Å². The lowest BCUT2D eigenvalue weighted by Gasteiger charge is -2.72. The van der Waals surface area contributed by atoms with Gasteiger partial charge in [-0.15, -0.1) is 0 Å². The molecule has 0 saturated heterocycles. The number of rotatable bonds is 9. The second-order valence-corrected chi connectivity index (χ2v) is 20.3. The van der Waals surface area contributed by atoms with Crippen LogP contribution < -0.4 is 5.32 Å². The van der Waals surface area contributed by atoms with Gasteiger partial charge in [0.1, 0.15) is 6.10 Å². The van der Waals surface area contributed by atoms with Gasteiger partial charge in [-0.3, -0.25) is 14.4 Å². The number of carboxylic acids is 1. The summed E-state index contributed by atoms with van der Waals surface area (Å²) >= 11 is 0. The van der Waals surface area contributed by atoms with Crippen LogP contribution in [0.5, 0.6) is 0 Å². The summed E-state index contributed by atoms with van der Waals surface area (Å²) in [5.41, 5.74) is 2.93. The van der Waals surface area contributed by atoms with Gasteiger partial charge in [0, 0.05) is 12.0 Å². The van der Waals surface area contributed by atoms with E-state index in [1.165, 1.54) is 17.6 Å². The van der Waals surface area contributed by atoms with Gasteiger partial charge in [0.2, 0.25) is 5.91 Å². The van der Waals surface area contributed by atoms with E-state index in [1.807, 2.05) is 13.8 Å². The largest absolute Gasteiger partial charge is 0.481 e. The number of benzene rings is 1. The van der Waals surface area contributed by atoms with Gasteiger partial charge in [0.15, 0.2) is 0 Å². The minimum atomic E-state index is -0.886. The number of aliphatic carboxylic acids is 1. The smallest absolute Gasteiger partial charge is 0.306 e. The minimum Gasteiger partial charge on any atom is -0.481 e. The molecule has 0 unspecified atom stereocenters. The van der Waals surface area contributed by atoms with E-state index in [0.29, 0.717) is 36.1 Å². The van der Waals surface area contributed by atoms with Gasteiger partial charge < -0.3 is 15.2 Å². The fraction of sp³-hybridized carbons (Fsp3) is 0.756. The number of fused-ring (bicyclic) bond motifs is 7. The zero-order valence-electron chi connectivity index (χ0n) is 33.3. The standard InChI is InChI=1S/C45H67NO5/c1-28(2)31-17-22-45(39(50)46-27-30-13-11-29(3)12-14-30)24-23-43(9)32(38(31)45)15-16-34-42(8)20-19-35(41(6,7)33(42)18-21-44(34,43)10)51-37(49)26-40(4,5)25-36(47)48/h11-14,31-35,38H,1,15-27H2,2-10H3,(H,46,50)(H,47,48)/t31-,32+,33-,34+,35-,38+,42-,43+,44+,45-/m0/s1. The number of hydrogen-bond acceptors (Lipinski definition) is 4. The van der Waals surface area contributed by atoms with Gasteiger partial charge in [-0.2, -0.15) is 0 Å². The molecule has 5 aliphatic carbocycles. The van der Waals surface area contributed by atoms with Crippen LogP contribution in [0.2, 0.25) is 0 Å². The Bertz CT molecular complexity index is 1540. The molecule has 0 heterocycles. The predicted molar refractivity (Wildman–Crippen MR) is 203 cm³/mol. The molecule has 51 heavy (non-hydrogen) atoms. The topological polar surface area (TPSA) is 92.7 Å². The molecule has 0 aliphatic heterocycles. The zero-order chi connectivity index (χ0) is 37.4. The van der Waals surface area contributed by atoms with Crippen molar-refractivity contribution in [2.24, 2.45) is 62.1 Å². The zero-order valence-corrected chi connectivity index (χ0v) is 33.3.